The number of amides is 4. The van der Waals surface area contributed by atoms with Crippen LogP contribution in [0.3, 0.4) is 0 Å². The van der Waals surface area contributed by atoms with Gasteiger partial charge in [-0.25, -0.2) is 53.1 Å². The molecule has 8 aliphatic rings. The van der Waals surface area contributed by atoms with Crippen molar-refractivity contribution in [3.05, 3.63) is 84.2 Å². The Bertz CT molecular complexity index is 4760. The highest BCUT2D eigenvalue weighted by molar-refractivity contribution is 7.92. The summed E-state index contributed by atoms with van der Waals surface area (Å²) in [5, 5.41) is 0.455. The molecule has 4 aromatic rings. The smallest absolute Gasteiger partial charge is 0.433 e. The predicted octanol–water partition coefficient (Wildman–Crippen LogP) is 15.0. The van der Waals surface area contributed by atoms with Crippen LogP contribution in [-0.2, 0) is 80.2 Å². The number of hydrogen-bond acceptors (Lipinski definition) is 20. The topological polar surface area (TPSA) is 317 Å². The number of ketones is 2. The van der Waals surface area contributed by atoms with Gasteiger partial charge >= 0.3 is 24.3 Å². The van der Waals surface area contributed by atoms with Gasteiger partial charge in [0.15, 0.2) is 22.8 Å². The number of nitrogens with one attached hydrogen (secondary N) is 2. The number of allylic oxidation sites excluding steroid dienone is 4. The average Bonchev–Trinajstić information content (AvgIpc) is 1.56. The molecule has 2 aromatic heterocycles. The number of fused-ring (bicyclic) bond motifs is 6. The van der Waals surface area contributed by atoms with Crippen molar-refractivity contribution in [2.75, 3.05) is 40.7 Å². The molecule has 14 atom stereocenters. The van der Waals surface area contributed by atoms with Crippen LogP contribution in [0.15, 0.2) is 72.8 Å². The lowest BCUT2D eigenvalue weighted by atomic mass is 9.82. The van der Waals surface area contributed by atoms with Crippen molar-refractivity contribution >= 4 is 88.7 Å². The molecule has 0 spiro atoms. The fraction of sp³-hybridized carbons (Fsp3) is 0.651. The third-order valence-electron chi connectivity index (χ3n) is 26.4. The molecule has 6 heterocycles. The fourth-order valence-corrected chi connectivity index (χ4v) is 20.0. The van der Waals surface area contributed by atoms with E-state index in [0.717, 1.165) is 49.6 Å². The van der Waals surface area contributed by atoms with Crippen LogP contribution >= 0.6 is 0 Å². The zero-order valence-corrected chi connectivity index (χ0v) is 72.5. The Morgan fingerprint density at radius 3 is 1.17 bits per heavy atom. The second-order valence-corrected chi connectivity index (χ2v) is 40.6. The molecular weight excluding hydrogens is 1700 g/mol. The number of carbonyl (C=O) groups is 8. The number of benzene rings is 2. The molecule has 4 aliphatic heterocycles. The number of alkyl halides is 12. The standard InChI is InChI=1S/2C43H53F6N3O9S/c2*1-24-9-7-8-10-27-20-42(27,38(56)51-62(57,58)41(23-44)13-14-41)21-33(53)32-18-29(60-36-30-12-11-28(59-6)16-26(30)17-34(50-36)43(47,48)49)22-52(32)37(55)31(25(2)15-24)19-35(54)61-39(3,4)40(5,45)46/h2*8,10-12,16-17,24-25,27,29,31-32H,7,9,13-15,18-23H2,1-6H3,(H,51,56)/b2*10-8-/t24-,25+,27+,29+,31-,32-,42+;24-,25-,27-,29-,31+,32+,42-/m01/s1. The molecule has 4 aliphatic carbocycles. The number of halogens is 12. The Morgan fingerprint density at radius 2 is 0.863 bits per heavy atom. The van der Waals surface area contributed by atoms with E-state index >= 15 is 0 Å². The summed E-state index contributed by atoms with van der Waals surface area (Å²) in [7, 11) is -6.29. The Hall–Kier alpha value is -8.84. The lowest BCUT2D eigenvalue weighted by Gasteiger charge is -2.34. The summed E-state index contributed by atoms with van der Waals surface area (Å²) >= 11 is 0. The zero-order chi connectivity index (χ0) is 91.6. The minimum atomic E-state index is -4.90. The first-order chi connectivity index (χ1) is 57.5. The lowest BCUT2D eigenvalue weighted by molar-refractivity contribution is -0.197. The number of rotatable bonds is 22. The molecule has 0 bridgehead atoms. The number of sulfonamides is 2. The molecule has 38 heteroatoms. The van der Waals surface area contributed by atoms with Gasteiger partial charge in [-0.15, -0.1) is 0 Å². The number of Topliss-reactive ketones (excluding diaryl/α,β-unsaturated/α-hetero) is 2. The molecule has 12 rings (SSSR count). The van der Waals surface area contributed by atoms with E-state index in [2.05, 4.69) is 9.97 Å². The maximum Gasteiger partial charge on any atom is 0.433 e. The SMILES string of the molecule is COc1ccc2c(O[C@@H]3C[C@H]4C(=O)C[C@]5(C(=O)NS(=O)(=O)C6(CF)CC6)C[C@H]5/C=C\CC[C@@H](C)C[C@@H](C)[C@H](CC(=O)OC(C)(C)C(C)(F)F)C(=O)N4C3)nc(C(F)(F)F)cc2c1.COc1ccc2c(O[C@@H]3C[C@H]4C(=O)C[C@]5(C(=O)NS(=O)(=O)C6(CF)CC6)C[C@H]5/C=C\CC[C@H](C)C[C@@H](C)[C@H](CC(=O)OC(C)(C)C(C)(F)F)C(=O)N4C3)nc(C(F)(F)F)cc2c1. The number of esters is 2. The van der Waals surface area contributed by atoms with Crippen molar-refractivity contribution in [3.63, 3.8) is 0 Å². The Labute approximate surface area is 711 Å². The van der Waals surface area contributed by atoms with Crippen LogP contribution in [0.4, 0.5) is 52.7 Å². The average molecular weight is 1800 g/mol. The molecule has 684 valence electrons. The van der Waals surface area contributed by atoms with E-state index in [9.17, 15) is 108 Å². The Morgan fingerprint density at radius 1 is 0.516 bits per heavy atom. The van der Waals surface area contributed by atoms with E-state index in [-0.39, 0.29) is 96.2 Å². The number of methoxy groups -OCH3 is 2. The lowest BCUT2D eigenvalue weighted by Crippen LogP contribution is -2.49. The molecule has 4 saturated carbocycles. The summed E-state index contributed by atoms with van der Waals surface area (Å²) in [6.45, 7) is 9.38. The second kappa shape index (κ2) is 35.4. The molecule has 124 heavy (non-hydrogen) atoms. The third-order valence-corrected chi connectivity index (χ3v) is 30.6. The van der Waals surface area contributed by atoms with Crippen LogP contribution in [0.25, 0.3) is 21.5 Å². The van der Waals surface area contributed by atoms with Crippen molar-refractivity contribution < 1.29 is 136 Å². The summed E-state index contributed by atoms with van der Waals surface area (Å²) in [6.07, 6.45) is -4.98. The van der Waals surface area contributed by atoms with Gasteiger partial charge in [0, 0.05) is 50.3 Å². The normalized spacial score (nSPS) is 28.8. The first-order valence-electron chi connectivity index (χ1n) is 41.4. The fourth-order valence-electron chi connectivity index (χ4n) is 17.1. The van der Waals surface area contributed by atoms with Gasteiger partial charge in [0.05, 0.1) is 74.9 Å². The summed E-state index contributed by atoms with van der Waals surface area (Å²) < 4.78 is 257. The quantitative estimate of drug-likeness (QED) is 0.0419. The third kappa shape index (κ3) is 20.6. The highest BCUT2D eigenvalue weighted by Gasteiger charge is 2.66. The van der Waals surface area contributed by atoms with Gasteiger partial charge in [-0.1, -0.05) is 52.0 Å². The molecular formula is C86H106F12N6O18S2. The zero-order valence-electron chi connectivity index (χ0n) is 70.9. The highest BCUT2D eigenvalue weighted by atomic mass is 32.2. The molecule has 2 saturated heterocycles. The largest absolute Gasteiger partial charge is 0.497 e. The highest BCUT2D eigenvalue weighted by Crippen LogP contribution is 2.60. The van der Waals surface area contributed by atoms with Crippen molar-refractivity contribution in [2.45, 2.75) is 254 Å². The van der Waals surface area contributed by atoms with Crippen molar-refractivity contribution in [1.29, 1.82) is 0 Å². The first kappa shape index (κ1) is 95.8. The monoisotopic (exact) mass is 1800 g/mol. The van der Waals surface area contributed by atoms with Crippen molar-refractivity contribution in [2.24, 2.45) is 58.2 Å². The van der Waals surface area contributed by atoms with Gasteiger partial charge in [0.1, 0.15) is 57.9 Å². The summed E-state index contributed by atoms with van der Waals surface area (Å²) in [5.74, 6) is -19.3. The van der Waals surface area contributed by atoms with Crippen LogP contribution in [0.5, 0.6) is 23.3 Å². The van der Waals surface area contributed by atoms with Crippen LogP contribution in [-0.4, -0.2) is 181 Å². The van der Waals surface area contributed by atoms with Gasteiger partial charge in [0.2, 0.25) is 55.4 Å². The van der Waals surface area contributed by atoms with Crippen LogP contribution in [0, 0.1) is 58.2 Å². The van der Waals surface area contributed by atoms with E-state index < -0.39 is 258 Å². The predicted molar refractivity (Wildman–Crippen MR) is 426 cm³/mol. The summed E-state index contributed by atoms with van der Waals surface area (Å²) in [5.41, 5.74) is -10.3. The number of aromatic nitrogens is 2. The number of carbonyl (C=O) groups excluding carboxylic acids is 8. The van der Waals surface area contributed by atoms with Gasteiger partial charge in [-0.3, -0.25) is 47.8 Å². The van der Waals surface area contributed by atoms with Gasteiger partial charge < -0.3 is 38.2 Å². The van der Waals surface area contributed by atoms with Gasteiger partial charge in [0.25, 0.3) is 11.8 Å². The van der Waals surface area contributed by atoms with E-state index in [1.165, 1.54) is 50.6 Å². The molecule has 2 N–H and O–H groups in total. The second-order valence-electron chi connectivity index (χ2n) is 36.5. The van der Waals surface area contributed by atoms with Crippen molar-refractivity contribution in [1.82, 2.24) is 29.2 Å². The Balaban J connectivity index is 0.000000241. The molecule has 6 fully saturated rings. The summed E-state index contributed by atoms with van der Waals surface area (Å²) in [4.78, 5) is 124. The minimum absolute atomic E-state index is 0.00909. The minimum Gasteiger partial charge on any atom is -0.497 e. The van der Waals surface area contributed by atoms with E-state index in [4.69, 9.17) is 28.4 Å². The van der Waals surface area contributed by atoms with Gasteiger partial charge in [-0.2, -0.15) is 26.3 Å². The maximum absolute atomic E-state index is 14.9. The van der Waals surface area contributed by atoms with E-state index in [0.29, 0.717) is 52.4 Å². The molecule has 0 radical (unpaired) electrons. The van der Waals surface area contributed by atoms with Crippen molar-refractivity contribution in [3.8, 4) is 23.3 Å². The Kier molecular flexibility index (Phi) is 27.4. The van der Waals surface area contributed by atoms with Crippen LogP contribution in [0.2, 0.25) is 0 Å². The molecule has 0 unspecified atom stereocenters. The van der Waals surface area contributed by atoms with E-state index in [1.54, 1.807) is 26.0 Å². The maximum atomic E-state index is 14.9. The summed E-state index contributed by atoms with van der Waals surface area (Å²) in [6, 6.07) is 7.42. The van der Waals surface area contributed by atoms with Crippen LogP contribution in [0.1, 0.15) is 196 Å². The van der Waals surface area contributed by atoms with Gasteiger partial charge in [-0.05, 0) is 200 Å². The number of hydrogen-bond donors (Lipinski definition) is 2. The molecule has 2 aromatic carbocycles. The number of nitrogens with zero attached hydrogens (tertiary/aromatic N) is 4. The number of ether oxygens (including phenoxy) is 6. The first-order valence-corrected chi connectivity index (χ1v) is 44.4. The molecule has 4 amide bonds. The molecule has 24 nitrogen and oxygen atoms in total. The van der Waals surface area contributed by atoms with E-state index in [1.807, 2.05) is 35.4 Å². The number of pyridine rings is 2. The van der Waals surface area contributed by atoms with Crippen LogP contribution < -0.4 is 28.4 Å².